The lowest BCUT2D eigenvalue weighted by atomic mass is 9.99. The Kier molecular flexibility index (Phi) is 67.8. The minimum atomic E-state index is -4.96. The van der Waals surface area contributed by atoms with Crippen molar-refractivity contribution >= 4 is 39.5 Å². The highest BCUT2D eigenvalue weighted by Crippen LogP contribution is 2.45. The van der Waals surface area contributed by atoms with Crippen LogP contribution in [0.25, 0.3) is 0 Å². The smallest absolute Gasteiger partial charge is 0.462 e. The molecule has 0 amide bonds. The van der Waals surface area contributed by atoms with E-state index in [0.29, 0.717) is 25.7 Å². The highest BCUT2D eigenvalue weighted by atomic mass is 31.2. The zero-order valence-electron chi connectivity index (χ0n) is 65.1. The van der Waals surface area contributed by atoms with E-state index in [2.05, 4.69) is 55.4 Å². The van der Waals surface area contributed by atoms with Crippen molar-refractivity contribution in [2.75, 3.05) is 39.6 Å². The van der Waals surface area contributed by atoms with Gasteiger partial charge in [-0.3, -0.25) is 37.3 Å². The van der Waals surface area contributed by atoms with Crippen LogP contribution in [-0.4, -0.2) is 96.7 Å². The zero-order chi connectivity index (χ0) is 73.1. The summed E-state index contributed by atoms with van der Waals surface area (Å²) in [6.45, 7) is 14.3. The number of phosphoric acid groups is 2. The molecule has 3 N–H and O–H groups in total. The summed E-state index contributed by atoms with van der Waals surface area (Å²) in [5.41, 5.74) is 0. The van der Waals surface area contributed by atoms with Crippen LogP contribution in [0.15, 0.2) is 0 Å². The van der Waals surface area contributed by atoms with E-state index >= 15 is 0 Å². The van der Waals surface area contributed by atoms with Gasteiger partial charge in [0.2, 0.25) is 0 Å². The Morgan fingerprint density at radius 1 is 0.283 bits per heavy atom. The number of rotatable bonds is 77. The Hall–Kier alpha value is -1.94. The van der Waals surface area contributed by atoms with Gasteiger partial charge in [-0.15, -0.1) is 0 Å². The number of hydrogen-bond acceptors (Lipinski definition) is 15. The number of aliphatic hydroxyl groups is 1. The van der Waals surface area contributed by atoms with Gasteiger partial charge >= 0.3 is 39.5 Å². The molecule has 0 rings (SSSR count). The largest absolute Gasteiger partial charge is 0.472 e. The number of carbonyl (C=O) groups excluding carboxylic acids is 4. The molecule has 588 valence electrons. The van der Waals surface area contributed by atoms with Gasteiger partial charge in [0.25, 0.3) is 0 Å². The molecule has 0 saturated carbocycles. The quantitative estimate of drug-likeness (QED) is 0.0222. The van der Waals surface area contributed by atoms with Gasteiger partial charge in [0.1, 0.15) is 19.3 Å². The summed E-state index contributed by atoms with van der Waals surface area (Å²) in [4.78, 5) is 73.0. The molecule has 0 radical (unpaired) electrons. The fourth-order valence-electron chi connectivity index (χ4n) is 12.2. The molecule has 0 spiro atoms. The fourth-order valence-corrected chi connectivity index (χ4v) is 13.8. The molecule has 19 heteroatoms. The van der Waals surface area contributed by atoms with Gasteiger partial charge < -0.3 is 33.8 Å². The molecule has 0 aromatic rings. The lowest BCUT2D eigenvalue weighted by Gasteiger charge is -2.21. The van der Waals surface area contributed by atoms with E-state index in [1.54, 1.807) is 0 Å². The van der Waals surface area contributed by atoms with Crippen molar-refractivity contribution in [2.24, 2.45) is 23.7 Å². The number of phosphoric ester groups is 2. The predicted octanol–water partition coefficient (Wildman–Crippen LogP) is 23.6. The first-order valence-electron chi connectivity index (χ1n) is 41.2. The molecule has 0 aliphatic rings. The van der Waals surface area contributed by atoms with Crippen molar-refractivity contribution in [3.8, 4) is 0 Å². The summed E-state index contributed by atoms with van der Waals surface area (Å²) >= 11 is 0. The molecule has 0 aliphatic heterocycles. The first kappa shape index (κ1) is 97.1. The highest BCUT2D eigenvalue weighted by molar-refractivity contribution is 7.47. The SMILES string of the molecule is CCC(C)CCCCCCCCCCCCCCCCC(=O)OC[C@H](COP(=O)(O)OCC(O)COP(=O)(O)OC[C@@H](COC(=O)CCCCCCCCCCC(C)C)OC(=O)CCCCCCCCCCCC(C)C)OC(=O)CCCCCCCCCCCCCCCCCC(C)C. The van der Waals surface area contributed by atoms with Gasteiger partial charge in [-0.2, -0.15) is 0 Å². The normalized spacial score (nSPS) is 14.3. The standard InChI is InChI=1S/C80H156O17P2/c1-9-73(8)59-51-43-35-26-20-16-13-14-17-21-27-36-44-52-60-77(82)90-66-75(96-79(84)62-54-46-38-28-22-18-12-10-11-15-19-24-32-40-48-56-70(2)3)68-94-98(86,87)92-64-74(81)65-93-99(88,89)95-69-76(67-91-78(83)61-53-45-37-31-30-34-42-50-58-72(6)7)97-80(85)63-55-47-39-29-23-25-33-41-49-57-71(4)5/h70-76,81H,9-69H2,1-8H3,(H,86,87)(H,88,89)/t73?,74?,75-,76-/m1/s1. The van der Waals surface area contributed by atoms with E-state index in [1.807, 2.05) is 0 Å². The molecule has 4 unspecified atom stereocenters. The number of ether oxygens (including phenoxy) is 4. The third kappa shape index (κ3) is 72.8. The van der Waals surface area contributed by atoms with Crippen molar-refractivity contribution < 1.29 is 80.2 Å². The molecule has 0 bridgehead atoms. The number of esters is 4. The summed E-state index contributed by atoms with van der Waals surface area (Å²) in [5.74, 6) is 0.999. The molecular weight excluding hydrogens is 1290 g/mol. The van der Waals surface area contributed by atoms with Crippen LogP contribution in [0, 0.1) is 23.7 Å². The lowest BCUT2D eigenvalue weighted by Crippen LogP contribution is -2.30. The van der Waals surface area contributed by atoms with Crippen molar-refractivity contribution in [2.45, 2.75) is 427 Å². The van der Waals surface area contributed by atoms with E-state index in [0.717, 1.165) is 114 Å². The Bertz CT molecular complexity index is 1940. The van der Waals surface area contributed by atoms with Crippen molar-refractivity contribution in [1.82, 2.24) is 0 Å². The molecule has 0 aromatic heterocycles. The van der Waals surface area contributed by atoms with Gasteiger partial charge in [-0.1, -0.05) is 357 Å². The zero-order valence-corrected chi connectivity index (χ0v) is 66.9. The summed E-state index contributed by atoms with van der Waals surface area (Å²) in [6.07, 6.45) is 55.5. The van der Waals surface area contributed by atoms with Gasteiger partial charge in [0.05, 0.1) is 26.4 Å². The Labute approximate surface area is 607 Å². The minimum Gasteiger partial charge on any atom is -0.462 e. The highest BCUT2D eigenvalue weighted by Gasteiger charge is 2.30. The summed E-state index contributed by atoms with van der Waals surface area (Å²) in [5, 5.41) is 10.6. The van der Waals surface area contributed by atoms with Crippen LogP contribution >= 0.6 is 15.6 Å². The average Bonchev–Trinajstić information content (AvgIpc) is 1.01. The molecule has 0 aliphatic carbocycles. The summed E-state index contributed by atoms with van der Waals surface area (Å²) in [7, 11) is -9.92. The number of hydrogen-bond donors (Lipinski definition) is 3. The number of unbranched alkanes of at least 4 members (excludes halogenated alkanes) is 42. The Morgan fingerprint density at radius 3 is 0.717 bits per heavy atom. The van der Waals surface area contributed by atoms with Crippen LogP contribution in [0.1, 0.15) is 409 Å². The topological polar surface area (TPSA) is 237 Å². The molecule has 0 heterocycles. The maximum Gasteiger partial charge on any atom is 0.472 e. The van der Waals surface area contributed by atoms with E-state index in [-0.39, 0.29) is 25.7 Å². The van der Waals surface area contributed by atoms with Crippen LogP contribution in [0.2, 0.25) is 0 Å². The molecule has 99 heavy (non-hydrogen) atoms. The van der Waals surface area contributed by atoms with Crippen LogP contribution in [0.4, 0.5) is 0 Å². The van der Waals surface area contributed by atoms with Crippen LogP contribution in [0.3, 0.4) is 0 Å². The summed E-state index contributed by atoms with van der Waals surface area (Å²) < 4.78 is 68.7. The second-order valence-corrected chi connectivity index (χ2v) is 33.4. The summed E-state index contributed by atoms with van der Waals surface area (Å²) in [6, 6.07) is 0. The van der Waals surface area contributed by atoms with Crippen molar-refractivity contribution in [3.63, 3.8) is 0 Å². The fraction of sp³-hybridized carbons (Fsp3) is 0.950. The van der Waals surface area contributed by atoms with Gasteiger partial charge in [-0.05, 0) is 49.4 Å². The number of aliphatic hydroxyl groups excluding tert-OH is 1. The number of carbonyl (C=O) groups is 4. The molecule has 17 nitrogen and oxygen atoms in total. The van der Waals surface area contributed by atoms with Gasteiger partial charge in [0, 0.05) is 25.7 Å². The first-order valence-corrected chi connectivity index (χ1v) is 44.2. The second-order valence-electron chi connectivity index (χ2n) is 30.5. The first-order chi connectivity index (χ1) is 47.6. The molecule has 0 aromatic carbocycles. The Morgan fingerprint density at radius 2 is 0.485 bits per heavy atom. The van der Waals surface area contributed by atoms with E-state index < -0.39 is 97.5 Å². The third-order valence-corrected chi connectivity index (χ3v) is 20.8. The van der Waals surface area contributed by atoms with E-state index in [1.165, 1.54) is 212 Å². The van der Waals surface area contributed by atoms with Crippen LogP contribution < -0.4 is 0 Å². The van der Waals surface area contributed by atoms with Gasteiger partial charge in [0.15, 0.2) is 12.2 Å². The van der Waals surface area contributed by atoms with Crippen LogP contribution in [-0.2, 0) is 65.4 Å². The van der Waals surface area contributed by atoms with E-state index in [9.17, 15) is 43.2 Å². The monoisotopic (exact) mass is 1450 g/mol. The van der Waals surface area contributed by atoms with Crippen molar-refractivity contribution in [3.05, 3.63) is 0 Å². The maximum atomic E-state index is 13.1. The van der Waals surface area contributed by atoms with Crippen molar-refractivity contribution in [1.29, 1.82) is 0 Å². The average molecular weight is 1450 g/mol. The third-order valence-electron chi connectivity index (χ3n) is 18.9. The predicted molar refractivity (Wildman–Crippen MR) is 404 cm³/mol. The maximum absolute atomic E-state index is 13.1. The molecule has 0 saturated heterocycles. The van der Waals surface area contributed by atoms with Gasteiger partial charge in [-0.25, -0.2) is 9.13 Å². The molecule has 6 atom stereocenters. The minimum absolute atomic E-state index is 0.105. The van der Waals surface area contributed by atoms with Crippen LogP contribution in [0.5, 0.6) is 0 Å². The second kappa shape index (κ2) is 69.1. The molecular formula is C80H156O17P2. The Balaban J connectivity index is 5.25. The lowest BCUT2D eigenvalue weighted by molar-refractivity contribution is -0.161. The molecule has 0 fully saturated rings. The van der Waals surface area contributed by atoms with E-state index in [4.69, 9.17) is 37.0 Å².